The minimum Gasteiger partial charge on any atom is -0.494 e. The van der Waals surface area contributed by atoms with Gasteiger partial charge in [-0.2, -0.15) is 0 Å². The predicted octanol–water partition coefficient (Wildman–Crippen LogP) is 2.32. The fraction of sp³-hybridized carbons (Fsp3) is 0.500. The Morgan fingerprint density at radius 3 is 2.80 bits per heavy atom. The number of nitrogens with zero attached hydrogens (tertiary/aromatic N) is 1. The standard InChI is InChI=1S/C12H15NO2/c1-12(2)7-8(12)11(14)10-9(15-3)5-4-6-13-10/h4-6,8H,7H2,1-3H3. The SMILES string of the molecule is COc1cccnc1C(=O)C1CC1(C)C. The van der Waals surface area contributed by atoms with Gasteiger partial charge in [-0.15, -0.1) is 0 Å². The second kappa shape index (κ2) is 3.33. The summed E-state index contributed by atoms with van der Waals surface area (Å²) >= 11 is 0. The molecule has 0 spiro atoms. The fourth-order valence-electron chi connectivity index (χ4n) is 1.82. The summed E-state index contributed by atoms with van der Waals surface area (Å²) in [7, 11) is 1.56. The van der Waals surface area contributed by atoms with Crippen molar-refractivity contribution in [1.82, 2.24) is 4.98 Å². The Hall–Kier alpha value is -1.38. The number of hydrogen-bond donors (Lipinski definition) is 0. The fourth-order valence-corrected chi connectivity index (χ4v) is 1.82. The van der Waals surface area contributed by atoms with Crippen LogP contribution in [0.3, 0.4) is 0 Å². The van der Waals surface area contributed by atoms with Crippen LogP contribution in [0.2, 0.25) is 0 Å². The van der Waals surface area contributed by atoms with Crippen LogP contribution in [0.25, 0.3) is 0 Å². The van der Waals surface area contributed by atoms with Crippen molar-refractivity contribution >= 4 is 5.78 Å². The van der Waals surface area contributed by atoms with Gasteiger partial charge in [-0.25, -0.2) is 4.98 Å². The molecule has 1 unspecified atom stereocenters. The first-order valence-electron chi connectivity index (χ1n) is 5.09. The maximum Gasteiger partial charge on any atom is 0.188 e. The van der Waals surface area contributed by atoms with E-state index in [-0.39, 0.29) is 17.1 Å². The molecule has 0 N–H and O–H groups in total. The Balaban J connectivity index is 2.27. The number of methoxy groups -OCH3 is 1. The molecule has 3 heteroatoms. The normalized spacial score (nSPS) is 22.2. The highest BCUT2D eigenvalue weighted by atomic mass is 16.5. The molecular weight excluding hydrogens is 190 g/mol. The van der Waals surface area contributed by atoms with Gasteiger partial charge in [0.25, 0.3) is 0 Å². The van der Waals surface area contributed by atoms with Gasteiger partial charge < -0.3 is 4.74 Å². The zero-order valence-electron chi connectivity index (χ0n) is 9.28. The molecule has 0 aromatic carbocycles. The van der Waals surface area contributed by atoms with E-state index < -0.39 is 0 Å². The molecule has 80 valence electrons. The summed E-state index contributed by atoms with van der Waals surface area (Å²) in [6.45, 7) is 4.20. The van der Waals surface area contributed by atoms with E-state index in [0.717, 1.165) is 6.42 Å². The maximum absolute atomic E-state index is 12.1. The van der Waals surface area contributed by atoms with E-state index in [1.54, 1.807) is 25.4 Å². The molecule has 0 bridgehead atoms. The third kappa shape index (κ3) is 1.74. The third-order valence-electron chi connectivity index (χ3n) is 3.05. The van der Waals surface area contributed by atoms with E-state index in [2.05, 4.69) is 18.8 Å². The quantitative estimate of drug-likeness (QED) is 0.711. The van der Waals surface area contributed by atoms with Crippen molar-refractivity contribution < 1.29 is 9.53 Å². The van der Waals surface area contributed by atoms with E-state index in [9.17, 15) is 4.79 Å². The molecule has 1 fully saturated rings. The van der Waals surface area contributed by atoms with Crippen LogP contribution in [0.15, 0.2) is 18.3 Å². The van der Waals surface area contributed by atoms with E-state index in [0.29, 0.717) is 11.4 Å². The predicted molar refractivity (Wildman–Crippen MR) is 57.0 cm³/mol. The summed E-state index contributed by atoms with van der Waals surface area (Å²) < 4.78 is 5.13. The van der Waals surface area contributed by atoms with Gasteiger partial charge in [-0.3, -0.25) is 4.79 Å². The van der Waals surface area contributed by atoms with Crippen LogP contribution >= 0.6 is 0 Å². The third-order valence-corrected chi connectivity index (χ3v) is 3.05. The summed E-state index contributed by atoms with van der Waals surface area (Å²) in [5.41, 5.74) is 0.607. The molecule has 15 heavy (non-hydrogen) atoms. The van der Waals surface area contributed by atoms with Gasteiger partial charge in [0, 0.05) is 12.1 Å². The highest BCUT2D eigenvalue weighted by Gasteiger charge is 2.51. The molecule has 1 aliphatic carbocycles. The van der Waals surface area contributed by atoms with Gasteiger partial charge in [0.2, 0.25) is 0 Å². The van der Waals surface area contributed by atoms with Gasteiger partial charge >= 0.3 is 0 Å². The minimum atomic E-state index is 0.109. The number of aromatic nitrogens is 1. The molecule has 1 heterocycles. The largest absolute Gasteiger partial charge is 0.494 e. The molecule has 0 amide bonds. The van der Waals surface area contributed by atoms with Gasteiger partial charge in [-0.1, -0.05) is 13.8 Å². The first-order chi connectivity index (χ1) is 7.06. The summed E-state index contributed by atoms with van der Waals surface area (Å²) in [6.07, 6.45) is 2.58. The number of hydrogen-bond acceptors (Lipinski definition) is 3. The molecule has 2 rings (SSSR count). The van der Waals surface area contributed by atoms with Crippen molar-refractivity contribution in [1.29, 1.82) is 0 Å². The first-order valence-corrected chi connectivity index (χ1v) is 5.09. The van der Waals surface area contributed by atoms with Crippen LogP contribution in [0, 0.1) is 11.3 Å². The highest BCUT2D eigenvalue weighted by Crippen LogP contribution is 2.53. The number of ketones is 1. The van der Waals surface area contributed by atoms with Gasteiger partial charge in [-0.05, 0) is 24.0 Å². The van der Waals surface area contributed by atoms with E-state index in [1.165, 1.54) is 0 Å². The van der Waals surface area contributed by atoms with Crippen molar-refractivity contribution in [3.63, 3.8) is 0 Å². The summed E-state index contributed by atoms with van der Waals surface area (Å²) in [6, 6.07) is 3.54. The maximum atomic E-state index is 12.1. The zero-order valence-corrected chi connectivity index (χ0v) is 9.28. The lowest BCUT2D eigenvalue weighted by atomic mass is 10.0. The summed E-state index contributed by atoms with van der Waals surface area (Å²) in [4.78, 5) is 16.2. The Morgan fingerprint density at radius 2 is 2.27 bits per heavy atom. The van der Waals surface area contributed by atoms with Gasteiger partial charge in [0.05, 0.1) is 7.11 Å². The first kappa shape index (κ1) is 10.1. The number of rotatable bonds is 3. The van der Waals surface area contributed by atoms with Crippen molar-refractivity contribution in [2.75, 3.05) is 7.11 Å². The Morgan fingerprint density at radius 1 is 1.60 bits per heavy atom. The lowest BCUT2D eigenvalue weighted by Crippen LogP contribution is -2.10. The smallest absolute Gasteiger partial charge is 0.188 e. The van der Waals surface area contributed by atoms with Crippen molar-refractivity contribution in [2.45, 2.75) is 20.3 Å². The van der Waals surface area contributed by atoms with Crippen LogP contribution in [0.1, 0.15) is 30.8 Å². The molecule has 0 saturated heterocycles. The monoisotopic (exact) mass is 205 g/mol. The number of Topliss-reactive ketones (excluding diaryl/α,β-unsaturated/α-hetero) is 1. The summed E-state index contributed by atoms with van der Waals surface area (Å²) in [5, 5.41) is 0. The van der Waals surface area contributed by atoms with E-state index in [1.807, 2.05) is 0 Å². The number of ether oxygens (including phenoxy) is 1. The zero-order chi connectivity index (χ0) is 11.1. The molecule has 1 aliphatic rings. The second-order valence-electron chi connectivity index (χ2n) is 4.66. The van der Waals surface area contributed by atoms with Crippen molar-refractivity contribution in [3.05, 3.63) is 24.0 Å². The molecule has 3 nitrogen and oxygen atoms in total. The highest BCUT2D eigenvalue weighted by molar-refractivity contribution is 6.00. The van der Waals surface area contributed by atoms with Crippen molar-refractivity contribution in [3.8, 4) is 5.75 Å². The number of carbonyl (C=O) groups is 1. The van der Waals surface area contributed by atoms with Crippen LogP contribution in [-0.4, -0.2) is 17.9 Å². The van der Waals surface area contributed by atoms with Gasteiger partial charge in [0.15, 0.2) is 5.78 Å². The van der Waals surface area contributed by atoms with Crippen LogP contribution in [0.5, 0.6) is 5.75 Å². The Bertz CT molecular complexity index is 398. The molecule has 1 aromatic rings. The van der Waals surface area contributed by atoms with Gasteiger partial charge in [0.1, 0.15) is 11.4 Å². The molecule has 0 radical (unpaired) electrons. The average molecular weight is 205 g/mol. The van der Waals surface area contributed by atoms with E-state index >= 15 is 0 Å². The number of pyridine rings is 1. The topological polar surface area (TPSA) is 39.2 Å². The molecule has 1 atom stereocenters. The second-order valence-corrected chi connectivity index (χ2v) is 4.66. The van der Waals surface area contributed by atoms with Crippen LogP contribution in [-0.2, 0) is 0 Å². The molecular formula is C12H15NO2. The lowest BCUT2D eigenvalue weighted by molar-refractivity contribution is 0.0945. The van der Waals surface area contributed by atoms with E-state index in [4.69, 9.17) is 4.74 Å². The van der Waals surface area contributed by atoms with Crippen LogP contribution in [0.4, 0.5) is 0 Å². The average Bonchev–Trinajstić information content (AvgIpc) is 2.86. The molecule has 0 aliphatic heterocycles. The Labute approximate surface area is 89.5 Å². The van der Waals surface area contributed by atoms with Crippen LogP contribution < -0.4 is 4.74 Å². The lowest BCUT2D eigenvalue weighted by Gasteiger charge is -2.06. The minimum absolute atomic E-state index is 0.109. The van der Waals surface area contributed by atoms with Crippen molar-refractivity contribution in [2.24, 2.45) is 11.3 Å². The molecule has 1 aromatic heterocycles. The molecule has 1 saturated carbocycles. The Kier molecular flexibility index (Phi) is 2.25. The number of carbonyl (C=O) groups excluding carboxylic acids is 1. The summed E-state index contributed by atoms with van der Waals surface area (Å²) in [5.74, 6) is 0.795.